The monoisotopic (exact) mass is 1920 g/mol. The summed E-state index contributed by atoms with van der Waals surface area (Å²) < 4.78 is 16.7. The van der Waals surface area contributed by atoms with E-state index < -0.39 is 19.1 Å². The van der Waals surface area contributed by atoms with Crippen LogP contribution in [-0.4, -0.2) is 100 Å². The second-order valence-electron chi connectivity index (χ2n) is 30.5. The molecule has 131 heavy (non-hydrogen) atoms. The van der Waals surface area contributed by atoms with E-state index in [1.807, 2.05) is 134 Å². The van der Waals surface area contributed by atoms with Crippen LogP contribution in [0.4, 0.5) is 22.7 Å². The summed E-state index contributed by atoms with van der Waals surface area (Å²) in [5.41, 5.74) is 51.5. The van der Waals surface area contributed by atoms with Crippen LogP contribution in [0, 0.1) is 0 Å². The predicted octanol–water partition coefficient (Wildman–Crippen LogP) is 15.1. The van der Waals surface area contributed by atoms with Gasteiger partial charge in [0.25, 0.3) is 17.7 Å². The van der Waals surface area contributed by atoms with Crippen molar-refractivity contribution in [2.24, 2.45) is 17.2 Å². The van der Waals surface area contributed by atoms with E-state index in [4.69, 9.17) is 57.4 Å². The first-order valence-corrected chi connectivity index (χ1v) is 43.4. The van der Waals surface area contributed by atoms with Crippen molar-refractivity contribution in [3.63, 3.8) is 0 Å². The quantitative estimate of drug-likeness (QED) is 0.0116. The van der Waals surface area contributed by atoms with E-state index in [2.05, 4.69) is 111 Å². The molecule has 28 heteroatoms. The van der Waals surface area contributed by atoms with Crippen molar-refractivity contribution in [1.29, 1.82) is 0 Å². The number of nitrogen functional groups attached to an aromatic ring is 1. The van der Waals surface area contributed by atoms with E-state index in [0.29, 0.717) is 95.5 Å². The van der Waals surface area contributed by atoms with Gasteiger partial charge in [-0.3, -0.25) is 33.6 Å². The molecular formula is C103H106BBr2ClN7NaO16. The van der Waals surface area contributed by atoms with Crippen LogP contribution in [0.2, 0.25) is 0 Å². The van der Waals surface area contributed by atoms with Gasteiger partial charge in [0.15, 0.2) is 0 Å². The van der Waals surface area contributed by atoms with Crippen molar-refractivity contribution < 1.29 is 108 Å². The Hall–Kier alpha value is -12.0. The van der Waals surface area contributed by atoms with Gasteiger partial charge in [0.2, 0.25) is 0 Å². The zero-order chi connectivity index (χ0) is 92.3. The van der Waals surface area contributed by atoms with Crippen LogP contribution in [0.5, 0.6) is 0 Å². The first-order valence-electron chi connectivity index (χ1n) is 41.9. The van der Waals surface area contributed by atoms with Crippen molar-refractivity contribution in [2.75, 3.05) is 41.5 Å². The standard InChI is InChI=1S/C28H28N2O3.C26H24N2O3.C21H20BrNO3.C11H9BrO2.C10H13NO2.C7H10BNO2.ClH.Na.H2O/c1-3-33-26(31)16-21-8-4-5-10-25(21)30-28(32)23-14-22-12-11-18(2)27(22)24(15-23)20-9-6-7-19(13-20)17-29;1-16-9-10-20-12-21(13-22(25(16)20)18-7-4-5-17(11-18)15-27)26(31)28-23-8-3-2-6-19(23)14-24(29)30;1-3-26-19(24)12-14-6-4-5-7-18(14)23-21(25)16-10-15-9-8-13(2)20(15)17(22)11-16;1-6-2-3-7-4-8(11(13)14)5-9(12)10(6)7;1-2-13-10(12)7-8-5-3-4-6-9(8)11;9-5-6-2-1-3-7(4-6)8(10)11;;;/h4-11,13-15H,3,12,16-17,29H2,1-2H3,(H,30,32);2-9,11-13H,10,14-15,27H2,1H3,(H,28,31)(H,29,30);4-8,10-11H,3,9,12H2,1-2H3,(H,23,25);2,4-5H,3H2,1H3,(H,13,14);3-6H,2,7,11H2,1H3;1-4,10-11H,5,9H2;1H;;1H2/q;;;;;;;+1;/p-1. The number of allylic oxidation sites excluding steroid dienone is 8. The number of para-hydroxylation sites is 4. The van der Waals surface area contributed by atoms with E-state index in [1.165, 1.54) is 33.4 Å². The Morgan fingerprint density at radius 2 is 0.702 bits per heavy atom. The topological polar surface area (TPSA) is 415 Å². The Bertz CT molecular complexity index is 6140. The minimum atomic E-state index is -1.40. The summed E-state index contributed by atoms with van der Waals surface area (Å²) in [5, 5.41) is 44.3. The molecule has 16 N–H and O–H groups in total. The first kappa shape index (κ1) is 106. The second-order valence-corrected chi connectivity index (χ2v) is 32.2. The molecule has 23 nitrogen and oxygen atoms in total. The van der Waals surface area contributed by atoms with Crippen LogP contribution in [0.15, 0.2) is 252 Å². The molecule has 4 aliphatic rings. The normalized spacial score (nSPS) is 11.6. The molecule has 15 rings (SSSR count). The zero-order valence-electron chi connectivity index (χ0n) is 74.3. The molecule has 11 aromatic rings. The summed E-state index contributed by atoms with van der Waals surface area (Å²) in [5.74, 6) is -3.36. The van der Waals surface area contributed by atoms with Gasteiger partial charge >= 0.3 is 66.5 Å². The van der Waals surface area contributed by atoms with Crippen molar-refractivity contribution in [2.45, 2.75) is 119 Å². The van der Waals surface area contributed by atoms with Crippen LogP contribution in [0.25, 0.3) is 44.5 Å². The number of halogens is 3. The molecule has 674 valence electrons. The zero-order valence-corrected chi connectivity index (χ0v) is 80.3. The average Bonchev–Trinajstić information content (AvgIpc) is 1.62. The summed E-state index contributed by atoms with van der Waals surface area (Å²) in [6.45, 7) is 16.0. The van der Waals surface area contributed by atoms with E-state index in [1.54, 1.807) is 93.6 Å². The summed E-state index contributed by atoms with van der Waals surface area (Å²) in [6.07, 6.45) is 12.2. The van der Waals surface area contributed by atoms with Gasteiger partial charge in [-0.05, 0) is 293 Å². The van der Waals surface area contributed by atoms with E-state index in [0.717, 1.165) is 124 Å². The number of hydrogen-bond donors (Lipinski definition) is 11. The number of hydrogen-bond acceptors (Lipinski definition) is 18. The third-order valence-electron chi connectivity index (χ3n) is 21.5. The van der Waals surface area contributed by atoms with Crippen LogP contribution < -0.4 is 73.9 Å². The fourth-order valence-electron chi connectivity index (χ4n) is 15.2. The van der Waals surface area contributed by atoms with Gasteiger partial charge in [-0.25, -0.2) is 4.79 Å². The molecule has 11 aromatic carbocycles. The third kappa shape index (κ3) is 29.3. The van der Waals surface area contributed by atoms with Gasteiger partial charge in [-0.2, -0.15) is 0 Å². The van der Waals surface area contributed by atoms with Gasteiger partial charge in [0.05, 0.1) is 51.1 Å². The molecule has 0 spiro atoms. The Balaban J connectivity index is 0.000000223. The molecule has 0 saturated heterocycles. The minimum absolute atomic E-state index is 0. The number of anilines is 4. The maximum Gasteiger partial charge on any atom is 1.00 e. The molecule has 3 amide bonds. The summed E-state index contributed by atoms with van der Waals surface area (Å²) in [6, 6.07) is 66.9. The predicted molar refractivity (Wildman–Crippen MR) is 524 cm³/mol. The molecular weight excluding hydrogens is 1820 g/mol. The molecule has 0 saturated carbocycles. The van der Waals surface area contributed by atoms with Crippen molar-refractivity contribution in [1.82, 2.24) is 0 Å². The number of aliphatic carboxylic acids is 1. The van der Waals surface area contributed by atoms with Crippen LogP contribution in [0.3, 0.4) is 0 Å². The van der Waals surface area contributed by atoms with E-state index >= 15 is 0 Å². The maximum absolute atomic E-state index is 13.3. The Morgan fingerprint density at radius 3 is 1.06 bits per heavy atom. The minimum Gasteiger partial charge on any atom is -0.870 e. The maximum atomic E-state index is 13.3. The van der Waals surface area contributed by atoms with E-state index in [-0.39, 0.29) is 109 Å². The number of benzene rings is 11. The number of carboxylic acid groups (broad SMARTS) is 2. The summed E-state index contributed by atoms with van der Waals surface area (Å²) in [7, 11) is -1.40. The number of carbonyl (C=O) groups is 8. The van der Waals surface area contributed by atoms with Gasteiger partial charge in [0.1, 0.15) is 0 Å². The molecule has 4 aliphatic carbocycles. The number of carboxylic acids is 2. The number of esters is 3. The van der Waals surface area contributed by atoms with Crippen LogP contribution >= 0.6 is 44.3 Å². The van der Waals surface area contributed by atoms with Crippen molar-refractivity contribution in [3.05, 3.63) is 357 Å². The Kier molecular flexibility index (Phi) is 41.8. The van der Waals surface area contributed by atoms with Gasteiger partial charge in [-0.1, -0.05) is 190 Å². The summed E-state index contributed by atoms with van der Waals surface area (Å²) >= 11 is 6.98. The number of fused-ring (bicyclic) bond motifs is 4. The number of ether oxygens (including phenoxy) is 3. The molecule has 0 aromatic heterocycles. The number of rotatable bonds is 24. The van der Waals surface area contributed by atoms with Crippen LogP contribution in [0.1, 0.15) is 173 Å². The number of nitrogens with one attached hydrogen (secondary N) is 3. The largest absolute Gasteiger partial charge is 1.00 e. The van der Waals surface area contributed by atoms with Gasteiger partial charge in [-0.15, -0.1) is 12.4 Å². The molecule has 0 aliphatic heterocycles. The van der Waals surface area contributed by atoms with Crippen molar-refractivity contribution in [3.8, 4) is 22.3 Å². The summed E-state index contributed by atoms with van der Waals surface area (Å²) in [4.78, 5) is 96.0. The molecule has 0 heterocycles. The van der Waals surface area contributed by atoms with Crippen molar-refractivity contribution >= 4 is 149 Å². The number of aromatic carboxylic acids is 1. The van der Waals surface area contributed by atoms with E-state index in [9.17, 15) is 38.4 Å². The molecule has 0 atom stereocenters. The van der Waals surface area contributed by atoms with Gasteiger partial charge in [0, 0.05) is 68.0 Å². The molecule has 0 unspecified atom stereocenters. The number of amides is 3. The SMILES string of the molecule is CC1=CCc2cc(C(=O)Nc3ccccc3CC(=O)O)cc(-c3cccc(CN)c3)c21.CC1=CCc2cc(C(=O)O)cc(Br)c21.CCOC(=O)Cc1ccccc1N.CCOC(=O)Cc1ccccc1NC(=O)c1cc(Br)c2c(c1)CC=C2C.CCOC(=O)Cc1ccccc1NC(=O)c1cc2c(c(-c3cccc(CN)c3)c1)C(C)=CC2.Cl.NCc1cccc(B(O)O)c1.[Na+].[OH-]. The first-order chi connectivity index (χ1) is 61.5. The second kappa shape index (κ2) is 51.6. The molecule has 0 bridgehead atoms. The third-order valence-corrected chi connectivity index (χ3v) is 22.7. The molecule has 0 fully saturated rings. The number of nitrogens with two attached hydrogens (primary N) is 4. The average molecular weight is 1930 g/mol. The van der Waals surface area contributed by atoms with Gasteiger partial charge < -0.3 is 78.8 Å². The fraction of sp³-hybridized carbons (Fsp3) is 0.204. The molecule has 0 radical (unpaired) electrons. The Morgan fingerprint density at radius 1 is 0.389 bits per heavy atom. The Labute approximate surface area is 808 Å². The fourth-order valence-corrected chi connectivity index (χ4v) is 16.8. The number of carbonyl (C=O) groups excluding carboxylic acids is 6. The smallest absolute Gasteiger partial charge is 0.870 e. The van der Waals surface area contributed by atoms with Crippen LogP contribution in [-0.2, 0) is 104 Å².